The molecule has 0 unspecified atom stereocenters. The monoisotopic (exact) mass is 661 g/mol. The highest BCUT2D eigenvalue weighted by Gasteiger charge is 2.70. The van der Waals surface area contributed by atoms with Gasteiger partial charge in [-0.3, -0.25) is 24.0 Å². The number of carboxylic acids is 2. The highest BCUT2D eigenvalue weighted by Crippen LogP contribution is 2.75. The Morgan fingerprint density at radius 3 is 2.19 bits per heavy atom. The second-order valence-corrected chi connectivity index (χ2v) is 17.9. The van der Waals surface area contributed by atoms with Crippen LogP contribution in [-0.4, -0.2) is 52.4 Å². The smallest absolute Gasteiger partial charge is 0.507 e. The van der Waals surface area contributed by atoms with Crippen LogP contribution in [-0.2, 0) is 33.3 Å². The molecule has 258 valence electrons. The van der Waals surface area contributed by atoms with Crippen molar-refractivity contribution in [2.24, 2.45) is 50.2 Å². The maximum absolute atomic E-state index is 14.8. The maximum atomic E-state index is 14.8. The number of Topliss-reactive ketones (excluding diaryl/α,β-unsaturated/α-hetero) is 1. The predicted molar refractivity (Wildman–Crippen MR) is 174 cm³/mol. The van der Waals surface area contributed by atoms with Gasteiger partial charge in [0, 0.05) is 23.1 Å². The largest absolute Gasteiger partial charge is 0.528 e. The predicted octanol–water partition coefficient (Wildman–Crippen LogP) is 5.96. The molecule has 0 aromatic rings. The number of rotatable bonds is 6. The molecule has 3 saturated carbocycles. The Kier molecular flexibility index (Phi) is 7.66. The Balaban J connectivity index is 1.41. The summed E-state index contributed by atoms with van der Waals surface area (Å²) in [6, 6.07) is 2.15. The van der Waals surface area contributed by atoms with Crippen LogP contribution in [0.3, 0.4) is 0 Å². The average Bonchev–Trinajstić information content (AvgIpc) is 3.24. The van der Waals surface area contributed by atoms with Gasteiger partial charge in [0.1, 0.15) is 6.07 Å². The lowest BCUT2D eigenvalue weighted by molar-refractivity contribution is -0.169. The lowest BCUT2D eigenvalue weighted by Gasteiger charge is -2.69. The number of aliphatic carboxylic acids is 2. The van der Waals surface area contributed by atoms with Crippen molar-refractivity contribution in [3.8, 4) is 6.07 Å². The fraction of sp³-hybridized carbons (Fsp3) is 0.730. The van der Waals surface area contributed by atoms with Crippen LogP contribution in [0.5, 0.6) is 0 Å². The highest BCUT2D eigenvalue weighted by atomic mass is 16.7. The summed E-state index contributed by atoms with van der Waals surface area (Å²) in [5, 5.41) is 29.0. The molecule has 0 aromatic carbocycles. The zero-order valence-electron chi connectivity index (χ0n) is 29.2. The minimum atomic E-state index is -2.10. The molecule has 0 bridgehead atoms. The fourth-order valence-electron chi connectivity index (χ4n) is 11.8. The van der Waals surface area contributed by atoms with Gasteiger partial charge in [0.15, 0.2) is 17.2 Å². The third-order valence-electron chi connectivity index (χ3n) is 14.5. The maximum Gasteiger partial charge on any atom is 0.528 e. The number of carbonyl (C=O) groups is 5. The molecule has 2 N–H and O–H groups in total. The topological polar surface area (TPSA) is 168 Å². The molecule has 11 heteroatoms. The van der Waals surface area contributed by atoms with Gasteiger partial charge in [-0.2, -0.15) is 5.26 Å². The van der Waals surface area contributed by atoms with Crippen LogP contribution in [0.1, 0.15) is 106 Å². The quantitative estimate of drug-likeness (QED) is 0.324. The molecule has 5 aliphatic carbocycles. The minimum absolute atomic E-state index is 0.0516. The van der Waals surface area contributed by atoms with Gasteiger partial charge in [0.05, 0.1) is 18.4 Å². The Morgan fingerprint density at radius 1 is 0.958 bits per heavy atom. The van der Waals surface area contributed by atoms with Crippen LogP contribution in [0.25, 0.3) is 0 Å². The number of ketones is 2. The summed E-state index contributed by atoms with van der Waals surface area (Å²) >= 11 is 0. The first kappa shape index (κ1) is 34.6. The minimum Gasteiger partial charge on any atom is -0.507 e. The first-order valence-corrected chi connectivity index (χ1v) is 17.4. The van der Waals surface area contributed by atoms with Gasteiger partial charge >= 0.3 is 25.0 Å². The van der Waals surface area contributed by atoms with Crippen LogP contribution in [0.15, 0.2) is 23.3 Å². The zero-order chi connectivity index (χ0) is 35.5. The number of carbonyl (C=O) groups excluding carboxylic acids is 3. The van der Waals surface area contributed by atoms with Crippen molar-refractivity contribution in [1.29, 1.82) is 5.26 Å². The van der Waals surface area contributed by atoms with E-state index in [4.69, 9.17) is 9.31 Å². The van der Waals surface area contributed by atoms with E-state index < -0.39 is 65.1 Å². The second-order valence-electron chi connectivity index (χ2n) is 17.9. The van der Waals surface area contributed by atoms with Crippen molar-refractivity contribution >= 4 is 36.6 Å². The van der Waals surface area contributed by atoms with E-state index in [0.29, 0.717) is 0 Å². The van der Waals surface area contributed by atoms with E-state index in [1.165, 1.54) is 0 Å². The lowest BCUT2D eigenvalue weighted by atomic mass is 9.33. The van der Waals surface area contributed by atoms with E-state index in [0.717, 1.165) is 50.5 Å². The van der Waals surface area contributed by atoms with Crippen molar-refractivity contribution in [1.82, 2.24) is 0 Å². The number of fused-ring (bicyclic) bond motifs is 7. The van der Waals surface area contributed by atoms with Crippen molar-refractivity contribution in [3.05, 3.63) is 23.3 Å². The molecule has 0 aromatic heterocycles. The zero-order valence-corrected chi connectivity index (χ0v) is 29.2. The van der Waals surface area contributed by atoms with E-state index in [1.807, 2.05) is 26.0 Å². The van der Waals surface area contributed by atoms with E-state index in [-0.39, 0.29) is 52.0 Å². The molecule has 1 heterocycles. The summed E-state index contributed by atoms with van der Waals surface area (Å²) in [7, 11) is -1.12. The molecule has 6 aliphatic rings. The Bertz CT molecular complexity index is 1600. The Labute approximate surface area is 282 Å². The van der Waals surface area contributed by atoms with Gasteiger partial charge in [-0.1, -0.05) is 60.1 Å². The summed E-state index contributed by atoms with van der Waals surface area (Å²) in [6.07, 6.45) is 7.82. The number of hydrogen-bond donors (Lipinski definition) is 2. The van der Waals surface area contributed by atoms with Gasteiger partial charge < -0.3 is 19.5 Å². The molecule has 0 radical (unpaired) electrons. The number of nitrogens with zero attached hydrogens (tertiary/aromatic N) is 1. The average molecular weight is 662 g/mol. The Morgan fingerprint density at radius 2 is 1.58 bits per heavy atom. The van der Waals surface area contributed by atoms with Gasteiger partial charge in [0.25, 0.3) is 0 Å². The standard InChI is InChI=1S/C37H48BNO9/c1-31(2)10-12-36(20-38-47-30(46)37(48-38,17-26(41)42)18-27(43)44)13-11-35(7)28(22(36)16-31)23(40)14-25-33(5)15-21(19-39)29(45)32(3,4)24(33)8-9-34(25,35)6/h14-15,22,24,28H,8-13,16-18,20H2,1-7H3,(H,41,42)(H,43,44)/t22-,24-,28-,33-,34+,35+,36+/m0/s1. The van der Waals surface area contributed by atoms with E-state index >= 15 is 0 Å². The fourth-order valence-corrected chi connectivity index (χ4v) is 11.8. The Hall–Kier alpha value is -3.26. The van der Waals surface area contributed by atoms with Crippen molar-refractivity contribution in [2.45, 2.75) is 118 Å². The molecule has 1 aliphatic heterocycles. The van der Waals surface area contributed by atoms with Crippen LogP contribution >= 0.6 is 0 Å². The van der Waals surface area contributed by atoms with Crippen LogP contribution in [0, 0.1) is 61.6 Å². The summed E-state index contributed by atoms with van der Waals surface area (Å²) in [4.78, 5) is 64.6. The van der Waals surface area contributed by atoms with Crippen molar-refractivity contribution < 1.29 is 43.5 Å². The molecule has 4 fully saturated rings. The molecule has 7 atom stereocenters. The molecule has 0 amide bonds. The van der Waals surface area contributed by atoms with Gasteiger partial charge in [-0.25, -0.2) is 0 Å². The number of hydrogen-bond acceptors (Lipinski definition) is 8. The van der Waals surface area contributed by atoms with Crippen LogP contribution < -0.4 is 0 Å². The van der Waals surface area contributed by atoms with E-state index in [9.17, 15) is 39.4 Å². The number of carboxylic acid groups (broad SMARTS) is 2. The molecular weight excluding hydrogens is 613 g/mol. The molecular formula is C37H48BNO9. The third kappa shape index (κ3) is 4.71. The molecule has 6 rings (SSSR count). The van der Waals surface area contributed by atoms with Gasteiger partial charge in [0.2, 0.25) is 0 Å². The summed E-state index contributed by atoms with van der Waals surface area (Å²) in [5.74, 6) is -4.24. The first-order valence-electron chi connectivity index (χ1n) is 17.4. The molecule has 0 spiro atoms. The molecule has 10 nitrogen and oxygen atoms in total. The lowest BCUT2D eigenvalue weighted by Crippen LogP contribution is -2.65. The first-order chi connectivity index (χ1) is 22.1. The SMILES string of the molecule is CC1(C)CC[C@]2(CB3OC(=O)C(CC(=O)O)(CC(=O)O)O3)CC[C@]3(C)[C@H](C(=O)C=C4[C@@]5(C)C=C(C#N)C(=O)C(C)(C)[C@@H]5CC[C@]43C)[C@@H]2C1. The van der Waals surface area contributed by atoms with Crippen LogP contribution in [0.4, 0.5) is 0 Å². The van der Waals surface area contributed by atoms with Crippen molar-refractivity contribution in [2.75, 3.05) is 0 Å². The second kappa shape index (κ2) is 10.6. The summed E-state index contributed by atoms with van der Waals surface area (Å²) < 4.78 is 11.7. The normalized spacial score (nSPS) is 40.6. The number of allylic oxidation sites excluding steroid dienone is 4. The van der Waals surface area contributed by atoms with Gasteiger partial charge in [-0.15, -0.1) is 0 Å². The number of nitriles is 1. The van der Waals surface area contributed by atoms with E-state index in [2.05, 4.69) is 40.7 Å². The van der Waals surface area contributed by atoms with Crippen LogP contribution in [0.2, 0.25) is 6.32 Å². The van der Waals surface area contributed by atoms with Gasteiger partial charge in [-0.05, 0) is 84.5 Å². The van der Waals surface area contributed by atoms with E-state index in [1.54, 1.807) is 0 Å². The van der Waals surface area contributed by atoms with Crippen molar-refractivity contribution in [3.63, 3.8) is 0 Å². The molecule has 48 heavy (non-hydrogen) atoms. The summed E-state index contributed by atoms with van der Waals surface area (Å²) in [5.41, 5.74) is -3.62. The highest BCUT2D eigenvalue weighted by molar-refractivity contribution is 6.49. The summed E-state index contributed by atoms with van der Waals surface area (Å²) in [6.45, 7) is 14.9. The molecule has 1 saturated heterocycles. The third-order valence-corrected chi connectivity index (χ3v) is 14.5.